The zero-order chi connectivity index (χ0) is 14.8. The van der Waals surface area contributed by atoms with Gasteiger partial charge < -0.3 is 0 Å². The Balaban J connectivity index is 2.07. The van der Waals surface area contributed by atoms with Gasteiger partial charge in [-0.15, -0.1) is 0 Å². The molecule has 3 rings (SSSR count). The maximum atomic E-state index is 10.7. The van der Waals surface area contributed by atoms with Gasteiger partial charge in [0.05, 0.1) is 4.92 Å². The first-order chi connectivity index (χ1) is 10.2. The van der Waals surface area contributed by atoms with Crippen molar-refractivity contribution in [3.05, 3.63) is 63.1 Å². The lowest BCUT2D eigenvalue weighted by Gasteiger charge is -2.03. The average Bonchev–Trinajstić information content (AvgIpc) is 2.97. The highest BCUT2D eigenvalue weighted by molar-refractivity contribution is 9.10. The van der Waals surface area contributed by atoms with Crippen LogP contribution >= 0.6 is 15.9 Å². The molecule has 1 N–H and O–H groups in total. The van der Waals surface area contributed by atoms with Gasteiger partial charge in [-0.3, -0.25) is 10.1 Å². The Bertz CT molecular complexity index is 799. The summed E-state index contributed by atoms with van der Waals surface area (Å²) in [5.74, 6) is 0. The van der Waals surface area contributed by atoms with Crippen molar-refractivity contribution in [2.45, 2.75) is 0 Å². The Kier molecular flexibility index (Phi) is 3.49. The summed E-state index contributed by atoms with van der Waals surface area (Å²) in [5.41, 5.74) is 3.05. The van der Waals surface area contributed by atoms with Gasteiger partial charge in [0.15, 0.2) is 0 Å². The molecule has 0 aliphatic carbocycles. The summed E-state index contributed by atoms with van der Waals surface area (Å²) in [6.45, 7) is 0. The van der Waals surface area contributed by atoms with E-state index in [4.69, 9.17) is 0 Å². The topological polar surface area (TPSA) is 84.7 Å². The van der Waals surface area contributed by atoms with Gasteiger partial charge in [0.2, 0.25) is 0 Å². The lowest BCUT2D eigenvalue weighted by Crippen LogP contribution is -1.88. The van der Waals surface area contributed by atoms with Crippen molar-refractivity contribution in [3.8, 4) is 22.5 Å². The lowest BCUT2D eigenvalue weighted by molar-refractivity contribution is -0.384. The molecule has 0 radical (unpaired) electrons. The molecule has 1 heterocycles. The van der Waals surface area contributed by atoms with Crippen LogP contribution in [-0.2, 0) is 0 Å². The van der Waals surface area contributed by atoms with Crippen molar-refractivity contribution < 1.29 is 4.92 Å². The number of nitrogens with zero attached hydrogens (tertiary/aromatic N) is 3. The highest BCUT2D eigenvalue weighted by Gasteiger charge is 2.15. The minimum Gasteiger partial charge on any atom is -0.258 e. The number of nitro groups is 1. The van der Waals surface area contributed by atoms with Gasteiger partial charge >= 0.3 is 0 Å². The van der Waals surface area contributed by atoms with E-state index in [1.807, 2.05) is 24.3 Å². The van der Waals surface area contributed by atoms with Crippen molar-refractivity contribution in [2.75, 3.05) is 0 Å². The molecule has 0 spiro atoms. The molecule has 0 aliphatic heterocycles. The third-order valence-electron chi connectivity index (χ3n) is 3.03. The molecule has 6 nitrogen and oxygen atoms in total. The van der Waals surface area contributed by atoms with Crippen molar-refractivity contribution in [2.24, 2.45) is 0 Å². The van der Waals surface area contributed by atoms with Crippen LogP contribution in [0.4, 0.5) is 5.69 Å². The fraction of sp³-hybridized carbons (Fsp3) is 0. The number of hydrogen-bond acceptors (Lipinski definition) is 4. The molecule has 7 heteroatoms. The Morgan fingerprint density at radius 3 is 2.33 bits per heavy atom. The van der Waals surface area contributed by atoms with Gasteiger partial charge in [-0.05, 0) is 18.2 Å². The van der Waals surface area contributed by atoms with Crippen molar-refractivity contribution in [3.63, 3.8) is 0 Å². The minimum absolute atomic E-state index is 0.0460. The zero-order valence-electron chi connectivity index (χ0n) is 10.7. The Hall–Kier alpha value is -2.54. The van der Waals surface area contributed by atoms with Crippen LogP contribution in [0.3, 0.4) is 0 Å². The first-order valence-corrected chi connectivity index (χ1v) is 6.86. The molecular weight excluding hydrogens is 336 g/mol. The molecule has 0 amide bonds. The molecule has 2 aromatic carbocycles. The van der Waals surface area contributed by atoms with Crippen LogP contribution in [0.2, 0.25) is 0 Å². The van der Waals surface area contributed by atoms with Gasteiger partial charge in [0.25, 0.3) is 5.69 Å². The van der Waals surface area contributed by atoms with Crippen LogP contribution in [0.25, 0.3) is 22.5 Å². The SMILES string of the molecule is O=[N+]([O-])c1ccc(-c2n[nH]nc2-c2ccccc2Br)cc1. The van der Waals surface area contributed by atoms with E-state index in [0.717, 1.165) is 15.6 Å². The molecule has 104 valence electrons. The Morgan fingerprint density at radius 2 is 1.67 bits per heavy atom. The minimum atomic E-state index is -0.429. The van der Waals surface area contributed by atoms with Gasteiger partial charge in [0, 0.05) is 27.7 Å². The molecule has 0 saturated heterocycles. The molecule has 0 aliphatic rings. The molecule has 0 fully saturated rings. The van der Waals surface area contributed by atoms with Crippen molar-refractivity contribution >= 4 is 21.6 Å². The Labute approximate surface area is 128 Å². The summed E-state index contributed by atoms with van der Waals surface area (Å²) in [5, 5.41) is 21.6. The number of H-pyrrole nitrogens is 1. The number of rotatable bonds is 3. The summed E-state index contributed by atoms with van der Waals surface area (Å²) in [7, 11) is 0. The van der Waals surface area contributed by atoms with E-state index in [1.54, 1.807) is 12.1 Å². The largest absolute Gasteiger partial charge is 0.269 e. The van der Waals surface area contributed by atoms with Crippen LogP contribution in [-0.4, -0.2) is 20.3 Å². The maximum absolute atomic E-state index is 10.7. The monoisotopic (exact) mass is 344 g/mol. The summed E-state index contributed by atoms with van der Waals surface area (Å²) in [6.07, 6.45) is 0. The molecular formula is C14H9BrN4O2. The quantitative estimate of drug-likeness (QED) is 0.578. The molecule has 21 heavy (non-hydrogen) atoms. The number of nitro benzene ring substituents is 1. The van der Waals surface area contributed by atoms with Gasteiger partial charge in [-0.2, -0.15) is 15.4 Å². The number of aromatic nitrogens is 3. The fourth-order valence-electron chi connectivity index (χ4n) is 2.01. The number of benzene rings is 2. The number of hydrogen-bond donors (Lipinski definition) is 1. The lowest BCUT2D eigenvalue weighted by atomic mass is 10.0. The summed E-state index contributed by atoms with van der Waals surface area (Å²) in [4.78, 5) is 10.3. The first-order valence-electron chi connectivity index (χ1n) is 6.07. The summed E-state index contributed by atoms with van der Waals surface area (Å²) >= 11 is 3.48. The second-order valence-corrected chi connectivity index (χ2v) is 5.16. The van der Waals surface area contributed by atoms with Gasteiger partial charge in [0.1, 0.15) is 11.4 Å². The van der Waals surface area contributed by atoms with E-state index in [1.165, 1.54) is 12.1 Å². The van der Waals surface area contributed by atoms with Crippen molar-refractivity contribution in [1.82, 2.24) is 15.4 Å². The average molecular weight is 345 g/mol. The zero-order valence-corrected chi connectivity index (χ0v) is 12.2. The summed E-state index contributed by atoms with van der Waals surface area (Å²) in [6, 6.07) is 13.9. The summed E-state index contributed by atoms with van der Waals surface area (Å²) < 4.78 is 0.905. The van der Waals surface area contributed by atoms with E-state index in [0.29, 0.717) is 11.4 Å². The molecule has 0 unspecified atom stereocenters. The van der Waals surface area contributed by atoms with Crippen molar-refractivity contribution in [1.29, 1.82) is 0 Å². The van der Waals surface area contributed by atoms with E-state index < -0.39 is 4.92 Å². The third-order valence-corrected chi connectivity index (χ3v) is 3.72. The van der Waals surface area contributed by atoms with Crippen LogP contribution in [0.15, 0.2) is 53.0 Å². The van der Waals surface area contributed by atoms with Gasteiger partial charge in [-0.25, -0.2) is 0 Å². The Morgan fingerprint density at radius 1 is 1.00 bits per heavy atom. The highest BCUT2D eigenvalue weighted by atomic mass is 79.9. The second kappa shape index (κ2) is 5.45. The normalized spacial score (nSPS) is 10.5. The third kappa shape index (κ3) is 2.55. The molecule has 0 bridgehead atoms. The standard InChI is InChI=1S/C14H9BrN4O2/c15-12-4-2-1-3-11(12)14-13(16-18-17-14)9-5-7-10(8-6-9)19(20)21/h1-8H,(H,16,17,18). The van der Waals surface area contributed by atoms with E-state index in [2.05, 4.69) is 31.3 Å². The molecule has 0 saturated carbocycles. The first kappa shape index (κ1) is 13.4. The number of aromatic amines is 1. The highest BCUT2D eigenvalue weighted by Crippen LogP contribution is 2.33. The number of halogens is 1. The molecule has 3 aromatic rings. The predicted molar refractivity (Wildman–Crippen MR) is 81.6 cm³/mol. The van der Waals surface area contributed by atoms with E-state index in [-0.39, 0.29) is 5.69 Å². The van der Waals surface area contributed by atoms with E-state index in [9.17, 15) is 10.1 Å². The van der Waals surface area contributed by atoms with Crippen LogP contribution in [0.5, 0.6) is 0 Å². The predicted octanol–water partition coefficient (Wildman–Crippen LogP) is 3.81. The molecule has 1 aromatic heterocycles. The smallest absolute Gasteiger partial charge is 0.258 e. The van der Waals surface area contributed by atoms with Crippen LogP contribution in [0.1, 0.15) is 0 Å². The number of non-ortho nitro benzene ring substituents is 1. The second-order valence-electron chi connectivity index (χ2n) is 4.30. The van der Waals surface area contributed by atoms with Gasteiger partial charge in [-0.1, -0.05) is 34.1 Å². The van der Waals surface area contributed by atoms with E-state index >= 15 is 0 Å². The number of nitrogens with one attached hydrogen (secondary N) is 1. The van der Waals surface area contributed by atoms with Crippen LogP contribution < -0.4 is 0 Å². The molecule has 0 atom stereocenters. The maximum Gasteiger partial charge on any atom is 0.269 e. The van der Waals surface area contributed by atoms with Crippen LogP contribution in [0, 0.1) is 10.1 Å². The fourth-order valence-corrected chi connectivity index (χ4v) is 2.49.